The van der Waals surface area contributed by atoms with Gasteiger partial charge in [-0.1, -0.05) is 23.7 Å². The summed E-state index contributed by atoms with van der Waals surface area (Å²) in [6.45, 7) is 5.73. The quantitative estimate of drug-likeness (QED) is 0.819. The molecule has 0 spiro atoms. The van der Waals surface area contributed by atoms with Gasteiger partial charge < -0.3 is 10.0 Å². The fourth-order valence-electron chi connectivity index (χ4n) is 1.70. The van der Waals surface area contributed by atoms with Gasteiger partial charge in [-0.3, -0.25) is 0 Å². The van der Waals surface area contributed by atoms with E-state index in [4.69, 9.17) is 16.7 Å². The number of carboxylic acid groups (broad SMARTS) is 1. The molecule has 4 heteroatoms. The minimum absolute atomic E-state index is 0.640. The van der Waals surface area contributed by atoms with Crippen LogP contribution in [-0.2, 0) is 4.79 Å². The lowest BCUT2D eigenvalue weighted by Gasteiger charge is -2.24. The lowest BCUT2D eigenvalue weighted by atomic mass is 10.1. The first kappa shape index (κ1) is 13.6. The molecule has 0 aromatic heterocycles. The Hall–Kier alpha value is -1.48. The molecule has 0 atom stereocenters. The average molecular weight is 254 g/mol. The smallest absolute Gasteiger partial charge is 0.328 e. The van der Waals surface area contributed by atoms with Crippen LogP contribution in [0.25, 0.3) is 6.08 Å². The number of halogens is 1. The van der Waals surface area contributed by atoms with Crippen molar-refractivity contribution in [1.29, 1.82) is 0 Å². The zero-order valence-corrected chi connectivity index (χ0v) is 10.7. The number of anilines is 1. The highest BCUT2D eigenvalue weighted by Gasteiger charge is 2.10. The van der Waals surface area contributed by atoms with Gasteiger partial charge >= 0.3 is 5.97 Å². The van der Waals surface area contributed by atoms with Gasteiger partial charge in [0.1, 0.15) is 0 Å². The van der Waals surface area contributed by atoms with Crippen molar-refractivity contribution in [3.05, 3.63) is 34.9 Å². The molecule has 0 bridgehead atoms. The lowest BCUT2D eigenvalue weighted by molar-refractivity contribution is -0.131. The maximum atomic E-state index is 10.5. The number of hydrogen-bond donors (Lipinski definition) is 1. The Morgan fingerprint density at radius 2 is 2.06 bits per heavy atom. The molecule has 0 amide bonds. The predicted octanol–water partition coefficient (Wildman–Crippen LogP) is 3.28. The molecule has 0 aliphatic rings. The number of para-hydroxylation sites is 1. The molecule has 1 N–H and O–H groups in total. The molecule has 3 nitrogen and oxygen atoms in total. The number of rotatable bonds is 5. The Morgan fingerprint density at radius 1 is 1.41 bits per heavy atom. The Balaban J connectivity index is 3.20. The Labute approximate surface area is 106 Å². The molecular weight excluding hydrogens is 238 g/mol. The molecule has 0 aliphatic carbocycles. The maximum Gasteiger partial charge on any atom is 0.328 e. The molecule has 0 saturated heterocycles. The second-order valence-corrected chi connectivity index (χ2v) is 3.93. The Bertz CT molecular complexity index is 425. The standard InChI is InChI=1S/C13H16ClNO2/c1-3-15(4-2)13-10(8-9-12(16)17)6-5-7-11(13)14/h5-9H,3-4H2,1-2H3,(H,16,17)/b9-8+. The molecule has 0 aliphatic heterocycles. The number of benzene rings is 1. The van der Waals surface area contributed by atoms with E-state index in [1.807, 2.05) is 32.0 Å². The summed E-state index contributed by atoms with van der Waals surface area (Å²) >= 11 is 6.17. The van der Waals surface area contributed by atoms with Crippen LogP contribution < -0.4 is 4.90 Å². The van der Waals surface area contributed by atoms with Gasteiger partial charge in [-0.2, -0.15) is 0 Å². The van der Waals surface area contributed by atoms with Gasteiger partial charge in [0.25, 0.3) is 0 Å². The molecule has 1 aromatic rings. The van der Waals surface area contributed by atoms with Gasteiger partial charge in [0.15, 0.2) is 0 Å². The summed E-state index contributed by atoms with van der Waals surface area (Å²) in [5.41, 5.74) is 1.71. The summed E-state index contributed by atoms with van der Waals surface area (Å²) in [6.07, 6.45) is 2.69. The van der Waals surface area contributed by atoms with Crippen LogP contribution in [0.1, 0.15) is 19.4 Å². The minimum Gasteiger partial charge on any atom is -0.478 e. The van der Waals surface area contributed by atoms with Crippen molar-refractivity contribution in [2.24, 2.45) is 0 Å². The van der Waals surface area contributed by atoms with E-state index >= 15 is 0 Å². The first-order valence-electron chi connectivity index (χ1n) is 5.54. The molecule has 1 rings (SSSR count). The molecule has 0 unspecified atom stereocenters. The van der Waals surface area contributed by atoms with E-state index < -0.39 is 5.97 Å². The zero-order valence-electron chi connectivity index (χ0n) is 9.98. The SMILES string of the molecule is CCN(CC)c1c(Cl)cccc1/C=C/C(=O)O. The predicted molar refractivity (Wildman–Crippen MR) is 71.7 cm³/mol. The van der Waals surface area contributed by atoms with Crippen LogP contribution in [0.4, 0.5) is 5.69 Å². The highest BCUT2D eigenvalue weighted by molar-refractivity contribution is 6.33. The topological polar surface area (TPSA) is 40.5 Å². The van der Waals surface area contributed by atoms with Crippen molar-refractivity contribution in [1.82, 2.24) is 0 Å². The molecule has 17 heavy (non-hydrogen) atoms. The fraction of sp³-hybridized carbons (Fsp3) is 0.308. The van der Waals surface area contributed by atoms with Crippen LogP contribution in [0, 0.1) is 0 Å². The molecule has 92 valence electrons. The highest BCUT2D eigenvalue weighted by Crippen LogP contribution is 2.30. The second kappa shape index (κ2) is 6.30. The lowest BCUT2D eigenvalue weighted by Crippen LogP contribution is -2.23. The third kappa shape index (κ3) is 3.49. The number of aliphatic carboxylic acids is 1. The summed E-state index contributed by atoms with van der Waals surface area (Å²) in [5.74, 6) is -0.963. The van der Waals surface area contributed by atoms with Crippen LogP contribution in [0.3, 0.4) is 0 Å². The van der Waals surface area contributed by atoms with E-state index in [9.17, 15) is 4.79 Å². The summed E-state index contributed by atoms with van der Waals surface area (Å²) in [5, 5.41) is 9.29. The third-order valence-corrected chi connectivity index (χ3v) is 2.81. The number of hydrogen-bond acceptors (Lipinski definition) is 2. The largest absolute Gasteiger partial charge is 0.478 e. The van der Waals surface area contributed by atoms with E-state index in [0.717, 1.165) is 30.4 Å². The van der Waals surface area contributed by atoms with Crippen molar-refractivity contribution in [3.8, 4) is 0 Å². The summed E-state index contributed by atoms with van der Waals surface area (Å²) in [7, 11) is 0. The van der Waals surface area contributed by atoms with Crippen LogP contribution >= 0.6 is 11.6 Å². The third-order valence-electron chi connectivity index (χ3n) is 2.50. The van der Waals surface area contributed by atoms with Crippen LogP contribution in [-0.4, -0.2) is 24.2 Å². The number of carboxylic acids is 1. The van der Waals surface area contributed by atoms with Gasteiger partial charge in [0, 0.05) is 19.2 Å². The molecular formula is C13H16ClNO2. The minimum atomic E-state index is -0.963. The summed E-state index contributed by atoms with van der Waals surface area (Å²) in [4.78, 5) is 12.6. The molecule has 0 heterocycles. The van der Waals surface area contributed by atoms with E-state index in [0.29, 0.717) is 5.02 Å². The molecule has 0 fully saturated rings. The number of carbonyl (C=O) groups is 1. The first-order valence-corrected chi connectivity index (χ1v) is 5.92. The monoisotopic (exact) mass is 253 g/mol. The van der Waals surface area contributed by atoms with Gasteiger partial charge in [-0.05, 0) is 31.6 Å². The van der Waals surface area contributed by atoms with E-state index in [1.165, 1.54) is 0 Å². The van der Waals surface area contributed by atoms with Crippen molar-refractivity contribution in [2.45, 2.75) is 13.8 Å². The fourth-order valence-corrected chi connectivity index (χ4v) is 2.00. The van der Waals surface area contributed by atoms with E-state index in [1.54, 1.807) is 6.08 Å². The van der Waals surface area contributed by atoms with Crippen LogP contribution in [0.2, 0.25) is 5.02 Å². The van der Waals surface area contributed by atoms with E-state index in [2.05, 4.69) is 4.90 Å². The van der Waals surface area contributed by atoms with Crippen molar-refractivity contribution < 1.29 is 9.90 Å². The van der Waals surface area contributed by atoms with Crippen molar-refractivity contribution in [3.63, 3.8) is 0 Å². The van der Waals surface area contributed by atoms with Crippen molar-refractivity contribution >= 4 is 29.3 Å². The first-order chi connectivity index (χ1) is 8.10. The van der Waals surface area contributed by atoms with Crippen LogP contribution in [0.15, 0.2) is 24.3 Å². The summed E-state index contributed by atoms with van der Waals surface area (Å²) in [6, 6.07) is 5.49. The van der Waals surface area contributed by atoms with Crippen molar-refractivity contribution in [2.75, 3.05) is 18.0 Å². The van der Waals surface area contributed by atoms with Gasteiger partial charge in [0.05, 0.1) is 10.7 Å². The average Bonchev–Trinajstić information content (AvgIpc) is 2.30. The van der Waals surface area contributed by atoms with E-state index in [-0.39, 0.29) is 0 Å². The summed E-state index contributed by atoms with van der Waals surface area (Å²) < 4.78 is 0. The number of nitrogens with zero attached hydrogens (tertiary/aromatic N) is 1. The van der Waals surface area contributed by atoms with Gasteiger partial charge in [-0.25, -0.2) is 4.79 Å². The Kier molecular flexibility index (Phi) is 5.04. The zero-order chi connectivity index (χ0) is 12.8. The van der Waals surface area contributed by atoms with Gasteiger partial charge in [0.2, 0.25) is 0 Å². The molecule has 0 saturated carbocycles. The molecule has 1 aromatic carbocycles. The molecule has 0 radical (unpaired) electrons. The second-order valence-electron chi connectivity index (χ2n) is 3.52. The normalized spacial score (nSPS) is 10.8. The Morgan fingerprint density at radius 3 is 2.59 bits per heavy atom. The highest BCUT2D eigenvalue weighted by atomic mass is 35.5. The van der Waals surface area contributed by atoms with Gasteiger partial charge in [-0.15, -0.1) is 0 Å². The van der Waals surface area contributed by atoms with Crippen LogP contribution in [0.5, 0.6) is 0 Å². The maximum absolute atomic E-state index is 10.5.